The summed E-state index contributed by atoms with van der Waals surface area (Å²) < 4.78 is 0. The Morgan fingerprint density at radius 1 is 1.21 bits per heavy atom. The molecule has 0 bridgehead atoms. The van der Waals surface area contributed by atoms with Gasteiger partial charge in [-0.1, -0.05) is 29.8 Å². The van der Waals surface area contributed by atoms with Crippen molar-refractivity contribution in [3.05, 3.63) is 58.6 Å². The number of carboxylic acids is 1. The molecule has 0 fully saturated rings. The molecule has 0 heterocycles. The fraction of sp³-hybridized carbons (Fsp3) is 0.0714. The number of hydrogen-bond donors (Lipinski definition) is 2. The van der Waals surface area contributed by atoms with E-state index in [1.807, 2.05) is 12.1 Å². The largest absolute Gasteiger partial charge is 0.478 e. The van der Waals surface area contributed by atoms with Crippen LogP contribution >= 0.6 is 23.4 Å². The maximum Gasteiger partial charge on any atom is 0.335 e. The fourth-order valence-corrected chi connectivity index (χ4v) is 2.87. The number of benzene rings is 2. The lowest BCUT2D eigenvalue weighted by atomic mass is 10.1. The summed E-state index contributed by atoms with van der Waals surface area (Å²) in [5.41, 5.74) is 7.82. The molecule has 0 aromatic heterocycles. The molecule has 3 N–H and O–H groups in total. The molecule has 0 aliphatic heterocycles. The number of nitrogens with two attached hydrogens (primary N) is 1. The van der Waals surface area contributed by atoms with E-state index in [1.54, 1.807) is 30.3 Å². The Kier molecular flexibility index (Phi) is 4.35. The van der Waals surface area contributed by atoms with Gasteiger partial charge in [-0.25, -0.2) is 4.79 Å². The number of aromatic carboxylic acids is 1. The van der Waals surface area contributed by atoms with Gasteiger partial charge in [-0.3, -0.25) is 0 Å². The molecule has 98 valence electrons. The lowest BCUT2D eigenvalue weighted by Gasteiger charge is -2.07. The second kappa shape index (κ2) is 5.99. The highest BCUT2D eigenvalue weighted by Gasteiger charge is 2.06. The van der Waals surface area contributed by atoms with Crippen LogP contribution in [0.4, 0.5) is 5.69 Å². The quantitative estimate of drug-likeness (QED) is 0.662. The number of carbonyl (C=O) groups is 1. The first-order chi connectivity index (χ1) is 9.08. The van der Waals surface area contributed by atoms with Crippen molar-refractivity contribution < 1.29 is 9.90 Å². The van der Waals surface area contributed by atoms with E-state index in [4.69, 9.17) is 22.4 Å². The fourth-order valence-electron chi connectivity index (χ4n) is 1.58. The Balaban J connectivity index is 2.08. The SMILES string of the molecule is Nc1cccc(Cl)c1SCc1ccc(C(=O)O)cc1. The first-order valence-electron chi connectivity index (χ1n) is 5.57. The highest BCUT2D eigenvalue weighted by molar-refractivity contribution is 7.98. The number of carboxylic acid groups (broad SMARTS) is 1. The standard InChI is InChI=1S/C14H12ClNO2S/c15-11-2-1-3-12(16)13(11)19-8-9-4-6-10(7-5-9)14(17)18/h1-7H,8,16H2,(H,17,18). The van der Waals surface area contributed by atoms with Crippen molar-refractivity contribution in [1.29, 1.82) is 0 Å². The van der Waals surface area contributed by atoms with Crippen LogP contribution in [0.5, 0.6) is 0 Å². The van der Waals surface area contributed by atoms with Crippen LogP contribution in [0.2, 0.25) is 5.02 Å². The number of rotatable bonds is 4. The van der Waals surface area contributed by atoms with E-state index >= 15 is 0 Å². The van der Waals surface area contributed by atoms with Crippen molar-refractivity contribution in [2.75, 3.05) is 5.73 Å². The van der Waals surface area contributed by atoms with Crippen molar-refractivity contribution in [2.24, 2.45) is 0 Å². The van der Waals surface area contributed by atoms with Crippen LogP contribution < -0.4 is 5.73 Å². The van der Waals surface area contributed by atoms with E-state index in [9.17, 15) is 4.79 Å². The lowest BCUT2D eigenvalue weighted by Crippen LogP contribution is -1.95. The van der Waals surface area contributed by atoms with E-state index in [0.717, 1.165) is 10.5 Å². The molecular weight excluding hydrogens is 282 g/mol. The summed E-state index contributed by atoms with van der Waals surface area (Å²) in [4.78, 5) is 11.6. The van der Waals surface area contributed by atoms with E-state index in [1.165, 1.54) is 11.8 Å². The second-order valence-corrected chi connectivity index (χ2v) is 5.34. The number of hydrogen-bond acceptors (Lipinski definition) is 3. The van der Waals surface area contributed by atoms with Gasteiger partial charge in [0.2, 0.25) is 0 Å². The monoisotopic (exact) mass is 293 g/mol. The van der Waals surface area contributed by atoms with Crippen molar-refractivity contribution in [3.8, 4) is 0 Å². The molecule has 0 aliphatic carbocycles. The maximum atomic E-state index is 10.7. The molecule has 0 saturated carbocycles. The van der Waals surface area contributed by atoms with Gasteiger partial charge in [-0.2, -0.15) is 0 Å². The number of thioether (sulfide) groups is 1. The molecule has 0 atom stereocenters. The molecule has 2 aromatic rings. The van der Waals surface area contributed by atoms with Gasteiger partial charge < -0.3 is 10.8 Å². The highest BCUT2D eigenvalue weighted by atomic mass is 35.5. The third-order valence-corrected chi connectivity index (χ3v) is 4.23. The first kappa shape index (κ1) is 13.8. The molecule has 0 amide bonds. The van der Waals surface area contributed by atoms with Gasteiger partial charge in [0, 0.05) is 16.3 Å². The summed E-state index contributed by atoms with van der Waals surface area (Å²) in [6, 6.07) is 12.2. The zero-order chi connectivity index (χ0) is 13.8. The van der Waals surface area contributed by atoms with Crippen LogP contribution in [0.15, 0.2) is 47.4 Å². The Labute approximate surface area is 120 Å². The summed E-state index contributed by atoms with van der Waals surface area (Å²) in [5, 5.41) is 9.45. The van der Waals surface area contributed by atoms with E-state index < -0.39 is 5.97 Å². The van der Waals surface area contributed by atoms with Crippen LogP contribution in [0, 0.1) is 0 Å². The molecule has 2 rings (SSSR count). The summed E-state index contributed by atoms with van der Waals surface area (Å²) in [6.45, 7) is 0. The van der Waals surface area contributed by atoms with Gasteiger partial charge in [-0.05, 0) is 29.8 Å². The molecule has 3 nitrogen and oxygen atoms in total. The summed E-state index contributed by atoms with van der Waals surface area (Å²) in [6.07, 6.45) is 0. The van der Waals surface area contributed by atoms with Crippen molar-refractivity contribution in [2.45, 2.75) is 10.6 Å². The first-order valence-corrected chi connectivity index (χ1v) is 6.93. The molecule has 0 saturated heterocycles. The van der Waals surface area contributed by atoms with Gasteiger partial charge in [0.05, 0.1) is 10.6 Å². The minimum atomic E-state index is -0.922. The predicted molar refractivity (Wildman–Crippen MR) is 78.8 cm³/mol. The third-order valence-electron chi connectivity index (χ3n) is 2.58. The summed E-state index contributed by atoms with van der Waals surface area (Å²) >= 11 is 7.62. The van der Waals surface area contributed by atoms with Crippen LogP contribution in [0.3, 0.4) is 0 Å². The molecule has 0 unspecified atom stereocenters. The van der Waals surface area contributed by atoms with Crippen LogP contribution in [0.25, 0.3) is 0 Å². The van der Waals surface area contributed by atoms with Gasteiger partial charge in [0.1, 0.15) is 0 Å². The van der Waals surface area contributed by atoms with E-state index in [0.29, 0.717) is 16.5 Å². The van der Waals surface area contributed by atoms with Crippen molar-refractivity contribution >= 4 is 35.0 Å². The van der Waals surface area contributed by atoms with Gasteiger partial charge >= 0.3 is 5.97 Å². The molecule has 0 spiro atoms. The van der Waals surface area contributed by atoms with Crippen LogP contribution in [0.1, 0.15) is 15.9 Å². The normalized spacial score (nSPS) is 10.4. The average molecular weight is 294 g/mol. The van der Waals surface area contributed by atoms with E-state index in [-0.39, 0.29) is 5.56 Å². The summed E-state index contributed by atoms with van der Waals surface area (Å²) in [7, 11) is 0. The van der Waals surface area contributed by atoms with Gasteiger partial charge in [0.15, 0.2) is 0 Å². The Hall–Kier alpha value is -1.65. The number of anilines is 1. The van der Waals surface area contributed by atoms with Gasteiger partial charge in [-0.15, -0.1) is 11.8 Å². The maximum absolute atomic E-state index is 10.7. The zero-order valence-corrected chi connectivity index (χ0v) is 11.5. The van der Waals surface area contributed by atoms with E-state index in [2.05, 4.69) is 0 Å². The third kappa shape index (κ3) is 3.43. The molecule has 0 radical (unpaired) electrons. The average Bonchev–Trinajstić information content (AvgIpc) is 2.38. The molecule has 2 aromatic carbocycles. The Morgan fingerprint density at radius 2 is 1.89 bits per heavy atom. The second-order valence-electron chi connectivity index (χ2n) is 3.95. The number of halogens is 1. The Bertz CT molecular complexity index is 579. The minimum absolute atomic E-state index is 0.283. The topological polar surface area (TPSA) is 63.3 Å². The number of nitrogen functional groups attached to an aromatic ring is 1. The van der Waals surface area contributed by atoms with Crippen molar-refractivity contribution in [3.63, 3.8) is 0 Å². The molecule has 19 heavy (non-hydrogen) atoms. The highest BCUT2D eigenvalue weighted by Crippen LogP contribution is 2.34. The van der Waals surface area contributed by atoms with Crippen LogP contribution in [-0.2, 0) is 5.75 Å². The Morgan fingerprint density at radius 3 is 2.47 bits per heavy atom. The van der Waals surface area contributed by atoms with Gasteiger partial charge in [0.25, 0.3) is 0 Å². The van der Waals surface area contributed by atoms with Crippen molar-refractivity contribution in [1.82, 2.24) is 0 Å². The molecule has 0 aliphatic rings. The smallest absolute Gasteiger partial charge is 0.335 e. The van der Waals surface area contributed by atoms with Crippen LogP contribution in [-0.4, -0.2) is 11.1 Å². The summed E-state index contributed by atoms with van der Waals surface area (Å²) in [5.74, 6) is -0.233. The minimum Gasteiger partial charge on any atom is -0.478 e. The lowest BCUT2D eigenvalue weighted by molar-refractivity contribution is 0.0697. The molecular formula is C14H12ClNO2S. The molecule has 5 heteroatoms. The zero-order valence-electron chi connectivity index (χ0n) is 9.97. The predicted octanol–water partition coefficient (Wildman–Crippen LogP) is 3.91.